The van der Waals surface area contributed by atoms with E-state index in [9.17, 15) is 0 Å². The maximum absolute atomic E-state index is 8.98. The number of nitrogens with zero attached hydrogens (tertiary/aromatic N) is 4. The molecule has 0 aliphatic carbocycles. The van der Waals surface area contributed by atoms with Gasteiger partial charge in [0.2, 0.25) is 0 Å². The number of aliphatic hydroxyl groups excluding tert-OH is 1. The molecule has 0 unspecified atom stereocenters. The molecule has 1 N–H and O–H groups in total. The summed E-state index contributed by atoms with van der Waals surface area (Å²) in [4.78, 5) is 5.05. The molecule has 5 aromatic rings. The van der Waals surface area contributed by atoms with Gasteiger partial charge in [-0.15, -0.1) is 5.10 Å². The molecule has 166 valence electrons. The number of hydrogen-bond acceptors (Lipinski definition) is 5. The Morgan fingerprint density at radius 1 is 0.939 bits per heavy atom. The third kappa shape index (κ3) is 4.80. The Balaban J connectivity index is 1.48. The zero-order valence-electron chi connectivity index (χ0n) is 18.0. The van der Waals surface area contributed by atoms with E-state index in [0.29, 0.717) is 26.2 Å². The van der Waals surface area contributed by atoms with Crippen molar-refractivity contribution in [3.63, 3.8) is 0 Å². The number of fused-ring (bicyclic) bond motifs is 3. The average Bonchev–Trinajstić information content (AvgIpc) is 3.30. The molecule has 0 spiro atoms. The molecule has 33 heavy (non-hydrogen) atoms. The molecule has 0 saturated carbocycles. The van der Waals surface area contributed by atoms with Crippen LogP contribution in [0, 0.1) is 0 Å². The summed E-state index contributed by atoms with van der Waals surface area (Å²) >= 11 is 3.51. The van der Waals surface area contributed by atoms with E-state index >= 15 is 0 Å². The maximum atomic E-state index is 8.98. The van der Waals surface area contributed by atoms with E-state index in [2.05, 4.69) is 68.7 Å². The van der Waals surface area contributed by atoms with Crippen LogP contribution in [0.3, 0.4) is 0 Å². The number of rotatable bonds is 8. The Hall–Kier alpha value is -3.13. The van der Waals surface area contributed by atoms with Gasteiger partial charge in [-0.05, 0) is 35.6 Å². The highest BCUT2D eigenvalue weighted by molar-refractivity contribution is 9.10. The van der Waals surface area contributed by atoms with Crippen LogP contribution in [0.25, 0.3) is 32.9 Å². The minimum Gasteiger partial charge on any atom is -0.396 e. The van der Waals surface area contributed by atoms with Gasteiger partial charge in [0.15, 0.2) is 0 Å². The minimum atomic E-state index is 0.135. The van der Waals surface area contributed by atoms with E-state index in [4.69, 9.17) is 14.8 Å². The molecule has 0 atom stereocenters. The first-order valence-corrected chi connectivity index (χ1v) is 11.7. The Morgan fingerprint density at radius 2 is 1.79 bits per heavy atom. The van der Waals surface area contributed by atoms with Gasteiger partial charge in [0.25, 0.3) is 0 Å². The summed E-state index contributed by atoms with van der Waals surface area (Å²) in [5.74, 6) is 0. The first kappa shape index (κ1) is 21.7. The fourth-order valence-corrected chi connectivity index (χ4v) is 4.19. The summed E-state index contributed by atoms with van der Waals surface area (Å²) in [7, 11) is 0. The monoisotopic (exact) mass is 502 g/mol. The summed E-state index contributed by atoms with van der Waals surface area (Å²) in [5.41, 5.74) is 4.80. The van der Waals surface area contributed by atoms with Crippen molar-refractivity contribution < 1.29 is 9.84 Å². The highest BCUT2D eigenvalue weighted by atomic mass is 79.9. The molecule has 0 bridgehead atoms. The van der Waals surface area contributed by atoms with Gasteiger partial charge >= 0.3 is 0 Å². The highest BCUT2D eigenvalue weighted by Crippen LogP contribution is 2.31. The highest BCUT2D eigenvalue weighted by Gasteiger charge is 2.11. The van der Waals surface area contributed by atoms with Crippen molar-refractivity contribution in [2.24, 2.45) is 0 Å². The third-order valence-electron chi connectivity index (χ3n) is 5.57. The van der Waals surface area contributed by atoms with Gasteiger partial charge < -0.3 is 9.84 Å². The van der Waals surface area contributed by atoms with Crippen LogP contribution in [-0.2, 0) is 24.5 Å². The molecular weight excluding hydrogens is 480 g/mol. The molecule has 0 fully saturated rings. The van der Waals surface area contributed by atoms with Gasteiger partial charge in [0.05, 0.1) is 30.6 Å². The van der Waals surface area contributed by atoms with E-state index in [1.54, 1.807) is 4.68 Å². The van der Waals surface area contributed by atoms with Crippen molar-refractivity contribution in [1.82, 2.24) is 20.0 Å². The summed E-state index contributed by atoms with van der Waals surface area (Å²) < 4.78 is 8.82. The molecule has 5 rings (SSSR count). The molecule has 0 saturated heterocycles. The lowest BCUT2D eigenvalue weighted by Gasteiger charge is -2.12. The van der Waals surface area contributed by atoms with Gasteiger partial charge in [-0.2, -0.15) is 0 Å². The number of aliphatic hydroxyl groups is 1. The lowest BCUT2D eigenvalue weighted by atomic mass is 10.0. The van der Waals surface area contributed by atoms with Crippen LogP contribution in [-0.4, -0.2) is 31.7 Å². The van der Waals surface area contributed by atoms with Crippen LogP contribution < -0.4 is 0 Å². The van der Waals surface area contributed by atoms with Crippen LogP contribution in [0.15, 0.2) is 77.4 Å². The molecule has 6 nitrogen and oxygen atoms in total. The largest absolute Gasteiger partial charge is 0.396 e. The topological polar surface area (TPSA) is 73.1 Å². The van der Waals surface area contributed by atoms with Crippen molar-refractivity contribution in [2.75, 3.05) is 6.61 Å². The molecular formula is C26H23BrN4O2. The molecule has 0 radical (unpaired) electrons. The Labute approximate surface area is 200 Å². The van der Waals surface area contributed by atoms with Crippen molar-refractivity contribution in [3.05, 3.63) is 88.7 Å². The predicted octanol–water partition coefficient (Wildman–Crippen LogP) is 5.51. The Bertz CT molecular complexity index is 1400. The maximum Gasteiger partial charge on any atom is 0.108 e. The van der Waals surface area contributed by atoms with Gasteiger partial charge in [0.1, 0.15) is 5.69 Å². The minimum absolute atomic E-state index is 0.135. The number of ether oxygens (including phenoxy) is 1. The number of benzene rings is 3. The number of hydrogen-bond donors (Lipinski definition) is 1. The Kier molecular flexibility index (Phi) is 6.44. The Morgan fingerprint density at radius 3 is 2.64 bits per heavy atom. The second-order valence-corrected chi connectivity index (χ2v) is 8.81. The van der Waals surface area contributed by atoms with E-state index in [1.165, 1.54) is 0 Å². The standard InChI is InChI=1S/C26H23BrN4O2/c27-21-9-6-19(7-10-21)25-14-20(16-33-17-22-15-31(30-29-22)12-3-13-32)24-11-8-18-4-1-2-5-23(18)26(24)28-25/h1-2,4-11,14-15,32H,3,12-13,16-17H2. The average molecular weight is 503 g/mol. The second-order valence-electron chi connectivity index (χ2n) is 7.90. The second kappa shape index (κ2) is 9.79. The number of aryl methyl sites for hydroxylation is 1. The molecule has 3 aromatic carbocycles. The zero-order valence-corrected chi connectivity index (χ0v) is 19.6. The van der Waals surface area contributed by atoms with Gasteiger partial charge in [-0.25, -0.2) is 4.98 Å². The lowest BCUT2D eigenvalue weighted by molar-refractivity contribution is 0.105. The number of aromatic nitrogens is 4. The molecule has 2 aromatic heterocycles. The van der Waals surface area contributed by atoms with Crippen molar-refractivity contribution in [1.29, 1.82) is 0 Å². The molecule has 0 amide bonds. The van der Waals surface area contributed by atoms with Crippen molar-refractivity contribution in [2.45, 2.75) is 26.2 Å². The quantitative estimate of drug-likeness (QED) is 0.283. The van der Waals surface area contributed by atoms with Crippen LogP contribution in [0.2, 0.25) is 0 Å². The van der Waals surface area contributed by atoms with Crippen molar-refractivity contribution >= 4 is 37.6 Å². The SMILES string of the molecule is OCCCn1cc(COCc2cc(-c3ccc(Br)cc3)nc3c2ccc2ccccc23)nn1. The summed E-state index contributed by atoms with van der Waals surface area (Å²) in [6.07, 6.45) is 2.51. The normalized spacial score (nSPS) is 11.5. The van der Waals surface area contributed by atoms with Gasteiger partial charge in [-0.1, -0.05) is 69.7 Å². The van der Waals surface area contributed by atoms with E-state index < -0.39 is 0 Å². The lowest BCUT2D eigenvalue weighted by Crippen LogP contribution is -2.00. The molecule has 7 heteroatoms. The summed E-state index contributed by atoms with van der Waals surface area (Å²) in [6, 6.07) is 22.9. The van der Waals surface area contributed by atoms with Crippen LogP contribution in [0.1, 0.15) is 17.7 Å². The van der Waals surface area contributed by atoms with E-state index in [-0.39, 0.29) is 6.61 Å². The fourth-order valence-electron chi connectivity index (χ4n) is 3.93. The fraction of sp³-hybridized carbons (Fsp3) is 0.192. The summed E-state index contributed by atoms with van der Waals surface area (Å²) in [6.45, 7) is 1.58. The first-order valence-electron chi connectivity index (χ1n) is 10.9. The molecule has 2 heterocycles. The number of pyridine rings is 1. The van der Waals surface area contributed by atoms with Gasteiger partial charge in [-0.3, -0.25) is 4.68 Å². The molecule has 0 aliphatic rings. The van der Waals surface area contributed by atoms with E-state index in [1.807, 2.05) is 30.5 Å². The third-order valence-corrected chi connectivity index (χ3v) is 6.10. The predicted molar refractivity (Wildman–Crippen MR) is 133 cm³/mol. The van der Waals surface area contributed by atoms with Crippen LogP contribution >= 0.6 is 15.9 Å². The smallest absolute Gasteiger partial charge is 0.108 e. The van der Waals surface area contributed by atoms with Gasteiger partial charge in [0, 0.05) is 34.0 Å². The van der Waals surface area contributed by atoms with Crippen LogP contribution in [0.4, 0.5) is 0 Å². The van der Waals surface area contributed by atoms with Crippen LogP contribution in [0.5, 0.6) is 0 Å². The van der Waals surface area contributed by atoms with Crippen molar-refractivity contribution in [3.8, 4) is 11.3 Å². The summed E-state index contributed by atoms with van der Waals surface area (Å²) in [5, 5.41) is 20.6. The zero-order chi connectivity index (χ0) is 22.6. The molecule has 0 aliphatic heterocycles. The van der Waals surface area contributed by atoms with E-state index in [0.717, 1.165) is 48.7 Å². The first-order chi connectivity index (χ1) is 16.2. The number of halogens is 1.